The topological polar surface area (TPSA) is 93.0 Å². The molecular weight excluding hydrogens is 344 g/mol. The molecule has 0 unspecified atom stereocenters. The standard InChI is InChI=1S/C17H13F2N5O2/c18-12-7-5-11(6-8-12)9-20-16-15(24(25)26)17(22-10-21-16)23-14-4-2-1-3-13(14)19/h1-8,10H,9H2,(H2,20,21,22,23). The fourth-order valence-corrected chi connectivity index (χ4v) is 2.25. The van der Waals surface area contributed by atoms with E-state index in [1.54, 1.807) is 18.2 Å². The minimum atomic E-state index is -0.657. The number of hydrogen-bond donors (Lipinski definition) is 2. The third-order valence-corrected chi connectivity index (χ3v) is 3.50. The Morgan fingerprint density at radius 2 is 1.69 bits per heavy atom. The van der Waals surface area contributed by atoms with E-state index in [1.165, 1.54) is 30.3 Å². The van der Waals surface area contributed by atoms with E-state index < -0.39 is 16.4 Å². The summed E-state index contributed by atoms with van der Waals surface area (Å²) in [5, 5.41) is 16.9. The van der Waals surface area contributed by atoms with Crippen LogP contribution in [-0.2, 0) is 6.54 Å². The minimum absolute atomic E-state index is 0.0341. The van der Waals surface area contributed by atoms with Gasteiger partial charge in [0.2, 0.25) is 11.6 Å². The van der Waals surface area contributed by atoms with Crippen LogP contribution in [0.5, 0.6) is 0 Å². The highest BCUT2D eigenvalue weighted by Crippen LogP contribution is 2.32. The van der Waals surface area contributed by atoms with E-state index in [1.807, 2.05) is 0 Å². The summed E-state index contributed by atoms with van der Waals surface area (Å²) in [4.78, 5) is 18.5. The molecule has 0 aliphatic heterocycles. The van der Waals surface area contributed by atoms with Crippen LogP contribution >= 0.6 is 0 Å². The molecule has 0 amide bonds. The summed E-state index contributed by atoms with van der Waals surface area (Å²) >= 11 is 0. The molecule has 9 heteroatoms. The fraction of sp³-hybridized carbons (Fsp3) is 0.0588. The molecule has 0 aliphatic rings. The van der Waals surface area contributed by atoms with Gasteiger partial charge in [-0.15, -0.1) is 0 Å². The highest BCUT2D eigenvalue weighted by Gasteiger charge is 2.23. The molecule has 0 aliphatic carbocycles. The molecule has 7 nitrogen and oxygen atoms in total. The largest absolute Gasteiger partial charge is 0.360 e. The van der Waals surface area contributed by atoms with Crippen LogP contribution in [0.4, 0.5) is 31.8 Å². The van der Waals surface area contributed by atoms with Crippen LogP contribution in [0.25, 0.3) is 0 Å². The SMILES string of the molecule is O=[N+]([O-])c1c(NCc2ccc(F)cc2)ncnc1Nc1ccccc1F. The van der Waals surface area contributed by atoms with Crippen molar-refractivity contribution in [1.82, 2.24) is 9.97 Å². The molecule has 2 N–H and O–H groups in total. The third-order valence-electron chi connectivity index (χ3n) is 3.50. The van der Waals surface area contributed by atoms with Crippen molar-refractivity contribution in [1.29, 1.82) is 0 Å². The first-order valence-electron chi connectivity index (χ1n) is 7.54. The zero-order valence-corrected chi connectivity index (χ0v) is 13.3. The highest BCUT2D eigenvalue weighted by molar-refractivity contribution is 5.73. The molecule has 2 aromatic carbocycles. The second-order valence-electron chi connectivity index (χ2n) is 5.26. The lowest BCUT2D eigenvalue weighted by atomic mass is 10.2. The van der Waals surface area contributed by atoms with Gasteiger partial charge in [0, 0.05) is 6.54 Å². The van der Waals surface area contributed by atoms with Gasteiger partial charge in [-0.05, 0) is 29.8 Å². The number of halogens is 2. The van der Waals surface area contributed by atoms with Crippen molar-refractivity contribution in [2.24, 2.45) is 0 Å². The van der Waals surface area contributed by atoms with Crippen LogP contribution < -0.4 is 10.6 Å². The number of para-hydroxylation sites is 1. The van der Waals surface area contributed by atoms with Crippen LogP contribution in [0.3, 0.4) is 0 Å². The first-order chi connectivity index (χ1) is 12.5. The van der Waals surface area contributed by atoms with Crippen LogP contribution in [0.15, 0.2) is 54.9 Å². The maximum absolute atomic E-state index is 13.8. The molecule has 0 saturated carbocycles. The number of hydrogen-bond acceptors (Lipinski definition) is 6. The average molecular weight is 357 g/mol. The Morgan fingerprint density at radius 3 is 2.38 bits per heavy atom. The van der Waals surface area contributed by atoms with Crippen molar-refractivity contribution in [2.75, 3.05) is 10.6 Å². The van der Waals surface area contributed by atoms with Crippen LogP contribution in [-0.4, -0.2) is 14.9 Å². The summed E-state index contributed by atoms with van der Waals surface area (Å²) in [6, 6.07) is 11.4. The Hall–Kier alpha value is -3.62. The smallest absolute Gasteiger partial charge is 0.353 e. The Bertz CT molecular complexity index is 935. The number of nitro groups is 1. The van der Waals surface area contributed by atoms with Gasteiger partial charge in [-0.1, -0.05) is 24.3 Å². The minimum Gasteiger partial charge on any atom is -0.360 e. The molecule has 0 radical (unpaired) electrons. The third kappa shape index (κ3) is 3.89. The zero-order chi connectivity index (χ0) is 18.5. The van der Waals surface area contributed by atoms with Crippen molar-refractivity contribution in [3.05, 3.63) is 82.2 Å². The normalized spacial score (nSPS) is 10.4. The Kier molecular flexibility index (Phi) is 4.97. The molecule has 0 spiro atoms. The molecule has 26 heavy (non-hydrogen) atoms. The van der Waals surface area contributed by atoms with Crippen molar-refractivity contribution >= 4 is 23.0 Å². The Morgan fingerprint density at radius 1 is 1.00 bits per heavy atom. The molecule has 0 atom stereocenters. The van der Waals surface area contributed by atoms with Gasteiger partial charge in [0.15, 0.2) is 0 Å². The lowest BCUT2D eigenvalue weighted by Gasteiger charge is -2.10. The summed E-state index contributed by atoms with van der Waals surface area (Å²) < 4.78 is 26.7. The second kappa shape index (κ2) is 7.51. The van der Waals surface area contributed by atoms with Crippen molar-refractivity contribution < 1.29 is 13.7 Å². The van der Waals surface area contributed by atoms with E-state index in [0.29, 0.717) is 5.56 Å². The molecule has 1 heterocycles. The van der Waals surface area contributed by atoms with Crippen molar-refractivity contribution in [2.45, 2.75) is 6.54 Å². The van der Waals surface area contributed by atoms with Gasteiger partial charge in [-0.25, -0.2) is 18.7 Å². The van der Waals surface area contributed by atoms with E-state index >= 15 is 0 Å². The molecule has 1 aromatic heterocycles. The van der Waals surface area contributed by atoms with Gasteiger partial charge in [0.1, 0.15) is 18.0 Å². The van der Waals surface area contributed by atoms with Crippen LogP contribution in [0.2, 0.25) is 0 Å². The Balaban J connectivity index is 1.87. The first kappa shape index (κ1) is 17.2. The molecule has 132 valence electrons. The van der Waals surface area contributed by atoms with Gasteiger partial charge >= 0.3 is 5.69 Å². The number of benzene rings is 2. The summed E-state index contributed by atoms with van der Waals surface area (Å²) in [5.74, 6) is -1.12. The van der Waals surface area contributed by atoms with Gasteiger partial charge in [-0.2, -0.15) is 0 Å². The second-order valence-corrected chi connectivity index (χ2v) is 5.26. The average Bonchev–Trinajstić information content (AvgIpc) is 2.63. The van der Waals surface area contributed by atoms with Gasteiger partial charge in [-0.3, -0.25) is 10.1 Å². The van der Waals surface area contributed by atoms with E-state index in [4.69, 9.17) is 0 Å². The van der Waals surface area contributed by atoms with Crippen molar-refractivity contribution in [3.63, 3.8) is 0 Å². The molecule has 3 aromatic rings. The lowest BCUT2D eigenvalue weighted by Crippen LogP contribution is -2.08. The highest BCUT2D eigenvalue weighted by atomic mass is 19.1. The predicted octanol–water partition coefficient (Wildman–Crippen LogP) is 4.02. The quantitative estimate of drug-likeness (QED) is 0.511. The molecule has 3 rings (SSSR count). The maximum atomic E-state index is 13.8. The summed E-state index contributed by atoms with van der Waals surface area (Å²) in [7, 11) is 0. The van der Waals surface area contributed by atoms with E-state index in [-0.39, 0.29) is 29.7 Å². The first-order valence-corrected chi connectivity index (χ1v) is 7.54. The number of aromatic nitrogens is 2. The molecule has 0 saturated heterocycles. The molecule has 0 fully saturated rings. The number of nitrogens with one attached hydrogen (secondary N) is 2. The number of anilines is 3. The van der Waals surface area contributed by atoms with Gasteiger partial charge in [0.05, 0.1) is 10.6 Å². The number of nitrogens with zero attached hydrogens (tertiary/aromatic N) is 3. The monoisotopic (exact) mass is 357 g/mol. The number of rotatable bonds is 6. The van der Waals surface area contributed by atoms with Gasteiger partial charge < -0.3 is 10.6 Å². The predicted molar refractivity (Wildman–Crippen MR) is 92.1 cm³/mol. The zero-order valence-electron chi connectivity index (χ0n) is 13.3. The Labute approximate surface area is 146 Å². The van der Waals surface area contributed by atoms with Crippen molar-refractivity contribution in [3.8, 4) is 0 Å². The van der Waals surface area contributed by atoms with E-state index in [0.717, 1.165) is 6.33 Å². The lowest BCUT2D eigenvalue weighted by molar-refractivity contribution is -0.383. The van der Waals surface area contributed by atoms with E-state index in [2.05, 4.69) is 20.6 Å². The summed E-state index contributed by atoms with van der Waals surface area (Å²) in [5.41, 5.74) is 0.347. The van der Waals surface area contributed by atoms with E-state index in [9.17, 15) is 18.9 Å². The summed E-state index contributed by atoms with van der Waals surface area (Å²) in [6.45, 7) is 0.192. The molecule has 0 bridgehead atoms. The van der Waals surface area contributed by atoms with Crippen LogP contribution in [0.1, 0.15) is 5.56 Å². The summed E-state index contributed by atoms with van der Waals surface area (Å²) in [6.07, 6.45) is 1.13. The fourth-order valence-electron chi connectivity index (χ4n) is 2.25. The maximum Gasteiger partial charge on any atom is 0.353 e. The van der Waals surface area contributed by atoms with Gasteiger partial charge in [0.25, 0.3) is 0 Å². The van der Waals surface area contributed by atoms with Crippen LogP contribution in [0, 0.1) is 21.7 Å². The molecular formula is C17H13F2N5O2.